The fourth-order valence-electron chi connectivity index (χ4n) is 1.94. The van der Waals surface area contributed by atoms with Gasteiger partial charge in [-0.05, 0) is 27.2 Å². The fraction of sp³-hybridized carbons (Fsp3) is 0.706. The number of nitrogens with zero attached hydrogens (tertiary/aromatic N) is 1. The maximum absolute atomic E-state index is 12.7. The lowest BCUT2D eigenvalue weighted by molar-refractivity contribution is -0.147. The maximum atomic E-state index is 12.7. The third-order valence-corrected chi connectivity index (χ3v) is 3.76. The van der Waals surface area contributed by atoms with Gasteiger partial charge in [0, 0.05) is 12.2 Å². The van der Waals surface area contributed by atoms with E-state index in [1.807, 2.05) is 0 Å². The Balaban J connectivity index is 5.19. The number of rotatable bonds is 9. The molecule has 0 rings (SSSR count). The van der Waals surface area contributed by atoms with Crippen molar-refractivity contribution in [3.63, 3.8) is 0 Å². The first kappa shape index (κ1) is 26.7. The van der Waals surface area contributed by atoms with Gasteiger partial charge in [0.25, 0.3) is 5.91 Å². The first-order valence-electron chi connectivity index (χ1n) is 8.71. The van der Waals surface area contributed by atoms with Crippen LogP contribution in [0.2, 0.25) is 0 Å². The highest BCUT2D eigenvalue weighted by molar-refractivity contribution is 7.80. The van der Waals surface area contributed by atoms with Crippen molar-refractivity contribution < 1.29 is 38.2 Å². The Morgan fingerprint density at radius 3 is 2.14 bits per heavy atom. The van der Waals surface area contributed by atoms with Crippen LogP contribution in [-0.2, 0) is 33.4 Å². The van der Waals surface area contributed by atoms with E-state index in [2.05, 4.69) is 27.4 Å². The van der Waals surface area contributed by atoms with Gasteiger partial charge in [-0.1, -0.05) is 0 Å². The highest BCUT2D eigenvalue weighted by Crippen LogP contribution is 2.12. The molecule has 0 saturated carbocycles. The molecule has 29 heavy (non-hydrogen) atoms. The third kappa shape index (κ3) is 10.1. The van der Waals surface area contributed by atoms with Crippen LogP contribution in [0.3, 0.4) is 0 Å². The molecule has 0 aliphatic heterocycles. The summed E-state index contributed by atoms with van der Waals surface area (Å²) in [6.07, 6.45) is -1.25. The molecule has 0 aromatic carbocycles. The molecule has 0 fully saturated rings. The maximum Gasteiger partial charge on any atom is 0.417 e. The van der Waals surface area contributed by atoms with Crippen molar-refractivity contribution >= 4 is 42.5 Å². The van der Waals surface area contributed by atoms with Gasteiger partial charge in [-0.3, -0.25) is 19.2 Å². The van der Waals surface area contributed by atoms with Crippen LogP contribution in [0.15, 0.2) is 0 Å². The zero-order valence-corrected chi connectivity index (χ0v) is 18.1. The van der Waals surface area contributed by atoms with Gasteiger partial charge < -0.3 is 25.3 Å². The molecule has 11 nitrogen and oxygen atoms in total. The summed E-state index contributed by atoms with van der Waals surface area (Å²) in [6.45, 7) is 4.08. The highest BCUT2D eigenvalue weighted by atomic mass is 32.1. The molecule has 0 bridgehead atoms. The Morgan fingerprint density at radius 2 is 1.69 bits per heavy atom. The third-order valence-electron chi connectivity index (χ3n) is 3.40. The molecule has 2 unspecified atom stereocenters. The number of carbonyl (C=O) groups excluding carboxylic acids is 5. The van der Waals surface area contributed by atoms with Crippen LogP contribution in [0.5, 0.6) is 0 Å². The lowest BCUT2D eigenvalue weighted by Crippen LogP contribution is -2.54. The van der Waals surface area contributed by atoms with E-state index in [1.165, 1.54) is 7.11 Å². The van der Waals surface area contributed by atoms with Crippen LogP contribution < -0.4 is 11.1 Å². The number of nitrogens with one attached hydrogen (secondary N) is 1. The van der Waals surface area contributed by atoms with E-state index in [4.69, 9.17) is 10.5 Å². The Morgan fingerprint density at radius 1 is 1.10 bits per heavy atom. The molecular formula is C17H29N3O8S. The lowest BCUT2D eigenvalue weighted by atomic mass is 10.1. The standard InChI is InChI=1S/C17H29N3O8S/c1-17(2,3)28-16(25)20(8-13(22)26-4)14(23)11(9-29)19-12(21)7-6-10(18)15(24)27-5/h10-11,29H,6-9,18H2,1-5H3,(H,19,21). The topological polar surface area (TPSA) is 154 Å². The van der Waals surface area contributed by atoms with Gasteiger partial charge in [-0.15, -0.1) is 0 Å². The predicted octanol–water partition coefficient (Wildman–Crippen LogP) is -0.382. The first-order chi connectivity index (χ1) is 13.4. The Labute approximate surface area is 175 Å². The number of carbonyl (C=O) groups is 5. The van der Waals surface area contributed by atoms with Crippen LogP contribution in [-0.4, -0.2) is 78.9 Å². The quantitative estimate of drug-likeness (QED) is 0.250. The minimum atomic E-state index is -1.22. The molecule has 0 heterocycles. The van der Waals surface area contributed by atoms with Crippen LogP contribution in [0.4, 0.5) is 4.79 Å². The lowest BCUT2D eigenvalue weighted by Gasteiger charge is -2.28. The summed E-state index contributed by atoms with van der Waals surface area (Å²) in [6, 6.07) is -2.22. The monoisotopic (exact) mass is 435 g/mol. The summed E-state index contributed by atoms with van der Waals surface area (Å²) in [4.78, 5) is 60.6. The van der Waals surface area contributed by atoms with Crippen LogP contribution >= 0.6 is 12.6 Å². The molecule has 12 heteroatoms. The number of amides is 3. The number of esters is 2. The second-order valence-corrected chi connectivity index (χ2v) is 7.32. The zero-order chi connectivity index (χ0) is 22.8. The van der Waals surface area contributed by atoms with Crippen LogP contribution in [0.1, 0.15) is 33.6 Å². The van der Waals surface area contributed by atoms with E-state index in [0.717, 1.165) is 7.11 Å². The molecule has 2 atom stereocenters. The van der Waals surface area contributed by atoms with E-state index >= 15 is 0 Å². The van der Waals surface area contributed by atoms with E-state index < -0.39 is 54.1 Å². The summed E-state index contributed by atoms with van der Waals surface area (Å²) in [7, 11) is 2.27. The molecule has 0 saturated heterocycles. The molecule has 3 N–H and O–H groups in total. The zero-order valence-electron chi connectivity index (χ0n) is 17.2. The van der Waals surface area contributed by atoms with Crippen molar-refractivity contribution in [1.82, 2.24) is 10.2 Å². The van der Waals surface area contributed by atoms with Crippen LogP contribution in [0.25, 0.3) is 0 Å². The number of methoxy groups -OCH3 is 2. The smallest absolute Gasteiger partial charge is 0.417 e. The molecule has 0 aromatic rings. The second kappa shape index (κ2) is 12.3. The molecule has 0 radical (unpaired) electrons. The highest BCUT2D eigenvalue weighted by Gasteiger charge is 2.34. The Hall–Kier alpha value is -2.34. The van der Waals surface area contributed by atoms with Gasteiger partial charge in [0.1, 0.15) is 24.2 Å². The van der Waals surface area contributed by atoms with E-state index in [0.29, 0.717) is 4.90 Å². The normalized spacial score (nSPS) is 12.9. The van der Waals surface area contributed by atoms with Crippen molar-refractivity contribution in [2.45, 2.75) is 51.3 Å². The minimum absolute atomic E-state index is 0.00999. The first-order valence-corrected chi connectivity index (χ1v) is 9.34. The molecular weight excluding hydrogens is 406 g/mol. The van der Waals surface area contributed by atoms with Crippen molar-refractivity contribution in [2.75, 3.05) is 26.5 Å². The Bertz CT molecular complexity index is 620. The van der Waals surface area contributed by atoms with E-state index in [-0.39, 0.29) is 18.6 Å². The van der Waals surface area contributed by atoms with Gasteiger partial charge in [0.15, 0.2) is 0 Å². The summed E-state index contributed by atoms with van der Waals surface area (Å²) >= 11 is 4.02. The van der Waals surface area contributed by atoms with E-state index in [9.17, 15) is 24.0 Å². The van der Waals surface area contributed by atoms with Gasteiger partial charge in [0.05, 0.1) is 14.2 Å². The number of nitrogens with two attached hydrogens (primary N) is 1. The van der Waals surface area contributed by atoms with Gasteiger partial charge in [-0.25, -0.2) is 9.69 Å². The average molecular weight is 435 g/mol. The number of ether oxygens (including phenoxy) is 3. The summed E-state index contributed by atoms with van der Waals surface area (Å²) in [5.74, 6) is -3.18. The fourth-order valence-corrected chi connectivity index (χ4v) is 2.19. The summed E-state index contributed by atoms with van der Waals surface area (Å²) in [5, 5.41) is 2.39. The van der Waals surface area contributed by atoms with E-state index in [1.54, 1.807) is 20.8 Å². The molecule has 0 aliphatic rings. The Kier molecular flexibility index (Phi) is 11.3. The van der Waals surface area contributed by atoms with Crippen molar-refractivity contribution in [1.29, 1.82) is 0 Å². The molecule has 0 aromatic heterocycles. The molecule has 0 aliphatic carbocycles. The van der Waals surface area contributed by atoms with Crippen molar-refractivity contribution in [3.05, 3.63) is 0 Å². The number of imide groups is 1. The minimum Gasteiger partial charge on any atom is -0.468 e. The second-order valence-electron chi connectivity index (χ2n) is 6.95. The number of hydrogen-bond acceptors (Lipinski definition) is 10. The average Bonchev–Trinajstić information content (AvgIpc) is 2.65. The molecule has 166 valence electrons. The molecule has 3 amide bonds. The summed E-state index contributed by atoms with van der Waals surface area (Å²) < 4.78 is 14.1. The predicted molar refractivity (Wildman–Crippen MR) is 105 cm³/mol. The summed E-state index contributed by atoms with van der Waals surface area (Å²) in [5.41, 5.74) is 4.64. The largest absolute Gasteiger partial charge is 0.468 e. The van der Waals surface area contributed by atoms with Crippen LogP contribution in [0, 0.1) is 0 Å². The van der Waals surface area contributed by atoms with Crippen molar-refractivity contribution in [3.8, 4) is 0 Å². The van der Waals surface area contributed by atoms with Gasteiger partial charge in [0.2, 0.25) is 5.91 Å². The van der Waals surface area contributed by atoms with Gasteiger partial charge >= 0.3 is 18.0 Å². The number of hydrogen-bond donors (Lipinski definition) is 3. The van der Waals surface area contributed by atoms with Crippen molar-refractivity contribution in [2.24, 2.45) is 5.73 Å². The SMILES string of the molecule is COC(=O)CN(C(=O)OC(C)(C)C)C(=O)C(CS)NC(=O)CCC(N)C(=O)OC. The number of thiol groups is 1. The van der Waals surface area contributed by atoms with Gasteiger partial charge in [-0.2, -0.15) is 12.6 Å². The molecule has 0 spiro atoms.